The Bertz CT molecular complexity index is 1030. The summed E-state index contributed by atoms with van der Waals surface area (Å²) in [7, 11) is 3.44. The minimum absolute atomic E-state index is 0.0247. The predicted molar refractivity (Wildman–Crippen MR) is 127 cm³/mol. The molecule has 0 bridgehead atoms. The van der Waals surface area contributed by atoms with Gasteiger partial charge in [-0.25, -0.2) is 4.79 Å². The molecule has 0 fully saturated rings. The van der Waals surface area contributed by atoms with Crippen molar-refractivity contribution in [3.8, 4) is 5.75 Å². The molecule has 9 nitrogen and oxygen atoms in total. The summed E-state index contributed by atoms with van der Waals surface area (Å²) < 4.78 is 6.59. The number of rotatable bonds is 11. The average Bonchev–Trinajstić information content (AvgIpc) is 2.72. The van der Waals surface area contributed by atoms with Crippen molar-refractivity contribution in [2.24, 2.45) is 5.92 Å². The number of anilines is 2. The van der Waals surface area contributed by atoms with Crippen LogP contribution in [-0.2, 0) is 17.9 Å². The number of nitrogens with two attached hydrogens (primary N) is 1. The van der Waals surface area contributed by atoms with Gasteiger partial charge < -0.3 is 15.4 Å². The molecular formula is C23H35N5O4. The molecule has 0 spiro atoms. The van der Waals surface area contributed by atoms with E-state index in [1.165, 1.54) is 9.47 Å². The van der Waals surface area contributed by atoms with Crippen molar-refractivity contribution in [3.05, 3.63) is 50.7 Å². The summed E-state index contributed by atoms with van der Waals surface area (Å²) in [6.45, 7) is 7.21. The molecular weight excluding hydrogens is 410 g/mol. The largest absolute Gasteiger partial charge is 0.497 e. The Kier molecular flexibility index (Phi) is 9.07. The van der Waals surface area contributed by atoms with Crippen LogP contribution in [0.25, 0.3) is 0 Å². The summed E-state index contributed by atoms with van der Waals surface area (Å²) in [6, 6.07) is 7.64. The van der Waals surface area contributed by atoms with Crippen LogP contribution in [0.2, 0.25) is 0 Å². The summed E-state index contributed by atoms with van der Waals surface area (Å²) >= 11 is 0. The summed E-state index contributed by atoms with van der Waals surface area (Å²) in [5.41, 5.74) is 6.08. The van der Waals surface area contributed by atoms with Gasteiger partial charge in [-0.2, -0.15) is 0 Å². The molecule has 0 aliphatic carbocycles. The number of carbonyl (C=O) groups excluding carboxylic acids is 1. The van der Waals surface area contributed by atoms with E-state index in [-0.39, 0.29) is 29.9 Å². The number of aromatic amines is 1. The molecule has 176 valence electrons. The third kappa shape index (κ3) is 6.46. The summed E-state index contributed by atoms with van der Waals surface area (Å²) in [5, 5.41) is 0. The number of carbonyl (C=O) groups is 1. The highest BCUT2D eigenvalue weighted by molar-refractivity contribution is 5.96. The van der Waals surface area contributed by atoms with Crippen molar-refractivity contribution in [1.82, 2.24) is 14.5 Å². The first-order valence-corrected chi connectivity index (χ1v) is 10.9. The third-order valence-electron chi connectivity index (χ3n) is 5.06. The van der Waals surface area contributed by atoms with Crippen molar-refractivity contribution >= 4 is 17.4 Å². The standard InChI is InChI=1S/C23H35N5O4/c1-6-7-11-27-21(24)20(22(30)25-23(27)31)28(13-16(2)3)19(29)15-26(4)14-17-9-8-10-18(12-17)32-5/h8-10,12,16H,6-7,11,13-15,24H2,1-5H3,(H,25,30,31). The van der Waals surface area contributed by atoms with E-state index >= 15 is 0 Å². The maximum Gasteiger partial charge on any atom is 0.330 e. The number of amides is 1. The van der Waals surface area contributed by atoms with Crippen molar-refractivity contribution < 1.29 is 9.53 Å². The van der Waals surface area contributed by atoms with Gasteiger partial charge in [-0.05, 0) is 37.1 Å². The quantitative estimate of drug-likeness (QED) is 0.547. The number of hydrogen-bond donors (Lipinski definition) is 2. The van der Waals surface area contributed by atoms with E-state index in [4.69, 9.17) is 10.5 Å². The van der Waals surface area contributed by atoms with Gasteiger partial charge >= 0.3 is 5.69 Å². The van der Waals surface area contributed by atoms with Gasteiger partial charge in [0.25, 0.3) is 5.56 Å². The Labute approximate surface area is 188 Å². The lowest BCUT2D eigenvalue weighted by Gasteiger charge is -2.28. The molecule has 1 amide bonds. The third-order valence-corrected chi connectivity index (χ3v) is 5.06. The second kappa shape index (κ2) is 11.5. The zero-order chi connectivity index (χ0) is 23.8. The Morgan fingerprint density at radius 1 is 1.28 bits per heavy atom. The van der Waals surface area contributed by atoms with E-state index in [0.717, 1.165) is 24.2 Å². The predicted octanol–water partition coefficient (Wildman–Crippen LogP) is 2.05. The van der Waals surface area contributed by atoms with Crippen molar-refractivity contribution in [2.75, 3.05) is 37.9 Å². The Morgan fingerprint density at radius 2 is 2.00 bits per heavy atom. The molecule has 32 heavy (non-hydrogen) atoms. The number of likely N-dealkylation sites (N-methyl/N-ethyl adjacent to an activating group) is 1. The van der Waals surface area contributed by atoms with Gasteiger partial charge in [0.2, 0.25) is 5.91 Å². The number of unbranched alkanes of at least 4 members (excludes halogenated alkanes) is 1. The number of ether oxygens (including phenoxy) is 1. The number of benzene rings is 1. The molecule has 0 aliphatic heterocycles. The van der Waals surface area contributed by atoms with Crippen LogP contribution >= 0.6 is 0 Å². The number of methoxy groups -OCH3 is 1. The Balaban J connectivity index is 2.32. The molecule has 0 saturated carbocycles. The fourth-order valence-corrected chi connectivity index (χ4v) is 3.51. The summed E-state index contributed by atoms with van der Waals surface area (Å²) in [5.74, 6) is 0.605. The number of nitrogens with one attached hydrogen (secondary N) is 1. The lowest BCUT2D eigenvalue weighted by atomic mass is 10.2. The number of H-pyrrole nitrogens is 1. The minimum Gasteiger partial charge on any atom is -0.497 e. The second-order valence-corrected chi connectivity index (χ2v) is 8.42. The van der Waals surface area contributed by atoms with E-state index in [9.17, 15) is 14.4 Å². The summed E-state index contributed by atoms with van der Waals surface area (Å²) in [4.78, 5) is 43.8. The Hall–Kier alpha value is -3.07. The normalized spacial score (nSPS) is 11.2. The average molecular weight is 446 g/mol. The maximum atomic E-state index is 13.3. The molecule has 2 aromatic rings. The van der Waals surface area contributed by atoms with Crippen molar-refractivity contribution in [3.63, 3.8) is 0 Å². The monoisotopic (exact) mass is 445 g/mol. The van der Waals surface area contributed by atoms with Crippen LogP contribution in [0.15, 0.2) is 33.9 Å². The minimum atomic E-state index is -0.648. The first-order chi connectivity index (χ1) is 15.2. The Morgan fingerprint density at radius 3 is 2.62 bits per heavy atom. The molecule has 0 aliphatic rings. The molecule has 0 saturated heterocycles. The molecule has 1 heterocycles. The SMILES string of the molecule is CCCCn1c(N)c(N(CC(C)C)C(=O)CN(C)Cc2cccc(OC)c2)c(=O)[nH]c1=O. The summed E-state index contributed by atoms with van der Waals surface area (Å²) in [6.07, 6.45) is 1.60. The van der Waals surface area contributed by atoms with Gasteiger partial charge in [-0.3, -0.25) is 24.0 Å². The maximum absolute atomic E-state index is 13.3. The molecule has 1 aromatic carbocycles. The first kappa shape index (κ1) is 25.2. The van der Waals surface area contributed by atoms with Gasteiger partial charge in [0, 0.05) is 19.6 Å². The molecule has 0 radical (unpaired) electrons. The zero-order valence-electron chi connectivity index (χ0n) is 19.7. The van der Waals surface area contributed by atoms with Gasteiger partial charge in [0.1, 0.15) is 11.6 Å². The van der Waals surface area contributed by atoms with Gasteiger partial charge in [0.15, 0.2) is 5.69 Å². The van der Waals surface area contributed by atoms with Crippen LogP contribution in [0.3, 0.4) is 0 Å². The number of nitrogen functional groups attached to an aromatic ring is 1. The molecule has 3 N–H and O–H groups in total. The molecule has 2 rings (SSSR count). The van der Waals surface area contributed by atoms with Crippen LogP contribution in [0.4, 0.5) is 11.5 Å². The molecule has 1 aromatic heterocycles. The lowest BCUT2D eigenvalue weighted by molar-refractivity contribution is -0.119. The van der Waals surface area contributed by atoms with Gasteiger partial charge in [0.05, 0.1) is 13.7 Å². The van der Waals surface area contributed by atoms with Crippen LogP contribution < -0.4 is 26.6 Å². The smallest absolute Gasteiger partial charge is 0.330 e. The number of nitrogens with zero attached hydrogens (tertiary/aromatic N) is 3. The topological polar surface area (TPSA) is 114 Å². The van der Waals surface area contributed by atoms with E-state index in [2.05, 4.69) is 4.98 Å². The van der Waals surface area contributed by atoms with E-state index < -0.39 is 11.2 Å². The van der Waals surface area contributed by atoms with E-state index in [0.29, 0.717) is 19.6 Å². The van der Waals surface area contributed by atoms with Crippen LogP contribution in [0.5, 0.6) is 5.75 Å². The van der Waals surface area contributed by atoms with E-state index in [1.807, 2.05) is 57.0 Å². The second-order valence-electron chi connectivity index (χ2n) is 8.42. The van der Waals surface area contributed by atoms with E-state index in [1.54, 1.807) is 7.11 Å². The van der Waals surface area contributed by atoms with Crippen molar-refractivity contribution in [2.45, 2.75) is 46.7 Å². The lowest BCUT2D eigenvalue weighted by Crippen LogP contribution is -2.46. The van der Waals surface area contributed by atoms with Crippen LogP contribution in [-0.4, -0.2) is 47.6 Å². The number of aromatic nitrogens is 2. The fourth-order valence-electron chi connectivity index (χ4n) is 3.51. The highest BCUT2D eigenvalue weighted by Gasteiger charge is 2.25. The molecule has 0 atom stereocenters. The molecule has 9 heteroatoms. The van der Waals surface area contributed by atoms with Crippen molar-refractivity contribution in [1.29, 1.82) is 0 Å². The molecule has 0 unspecified atom stereocenters. The van der Waals surface area contributed by atoms with Crippen LogP contribution in [0, 0.1) is 5.92 Å². The fraction of sp³-hybridized carbons (Fsp3) is 0.522. The first-order valence-electron chi connectivity index (χ1n) is 10.9. The van der Waals surface area contributed by atoms with Gasteiger partial charge in [-0.15, -0.1) is 0 Å². The van der Waals surface area contributed by atoms with Gasteiger partial charge in [-0.1, -0.05) is 39.3 Å². The number of hydrogen-bond acceptors (Lipinski definition) is 6. The zero-order valence-corrected chi connectivity index (χ0v) is 19.7. The van der Waals surface area contributed by atoms with Crippen LogP contribution in [0.1, 0.15) is 39.2 Å². The highest BCUT2D eigenvalue weighted by atomic mass is 16.5. The highest BCUT2D eigenvalue weighted by Crippen LogP contribution is 2.20.